The van der Waals surface area contributed by atoms with Gasteiger partial charge in [0.15, 0.2) is 11.6 Å². The Labute approximate surface area is 109 Å². The smallest absolute Gasteiger partial charge is 0.264 e. The number of likely N-dealkylation sites (tertiary alicyclic amines) is 1. The van der Waals surface area contributed by atoms with Crippen LogP contribution >= 0.6 is 23.8 Å². The van der Waals surface area contributed by atoms with Gasteiger partial charge >= 0.3 is 0 Å². The lowest BCUT2D eigenvalue weighted by molar-refractivity contribution is 0.388. The standard InChI is InChI=1S/C11H11ClFNO2S/c12-7-5-8(13)10(6-9(7)15)16-11(17)14-3-1-2-4-14/h5-6,15H,1-4H2. The van der Waals surface area contributed by atoms with Crippen LogP contribution in [0.5, 0.6) is 11.5 Å². The van der Waals surface area contributed by atoms with Crippen molar-refractivity contribution in [3.63, 3.8) is 0 Å². The quantitative estimate of drug-likeness (QED) is 0.799. The highest BCUT2D eigenvalue weighted by molar-refractivity contribution is 7.80. The third kappa shape index (κ3) is 2.79. The fourth-order valence-corrected chi connectivity index (χ4v) is 2.08. The molecule has 3 nitrogen and oxygen atoms in total. The van der Waals surface area contributed by atoms with Crippen LogP contribution in [-0.2, 0) is 0 Å². The fourth-order valence-electron chi connectivity index (χ4n) is 1.65. The molecular weight excluding hydrogens is 265 g/mol. The van der Waals surface area contributed by atoms with Crippen LogP contribution in [0.4, 0.5) is 4.39 Å². The Morgan fingerprint density at radius 2 is 2.06 bits per heavy atom. The molecule has 0 aromatic heterocycles. The van der Waals surface area contributed by atoms with E-state index in [4.69, 9.17) is 28.6 Å². The van der Waals surface area contributed by atoms with Crippen LogP contribution in [0.25, 0.3) is 0 Å². The number of hydrogen-bond donors (Lipinski definition) is 1. The first-order valence-corrected chi connectivity index (χ1v) is 6.01. The highest BCUT2D eigenvalue weighted by atomic mass is 35.5. The molecule has 2 rings (SSSR count). The summed E-state index contributed by atoms with van der Waals surface area (Å²) in [7, 11) is 0. The predicted molar refractivity (Wildman–Crippen MR) is 67.1 cm³/mol. The Morgan fingerprint density at radius 1 is 1.41 bits per heavy atom. The fraction of sp³-hybridized carbons (Fsp3) is 0.364. The molecule has 1 aromatic rings. The van der Waals surface area contributed by atoms with Crippen LogP contribution in [-0.4, -0.2) is 28.3 Å². The summed E-state index contributed by atoms with van der Waals surface area (Å²) in [6.07, 6.45) is 2.11. The second kappa shape index (κ2) is 5.06. The van der Waals surface area contributed by atoms with E-state index in [2.05, 4.69) is 0 Å². The molecule has 0 bridgehead atoms. The SMILES string of the molecule is Oc1cc(OC(=S)N2CCCC2)c(F)cc1Cl. The summed E-state index contributed by atoms with van der Waals surface area (Å²) in [5, 5.41) is 9.54. The van der Waals surface area contributed by atoms with E-state index in [9.17, 15) is 9.50 Å². The van der Waals surface area contributed by atoms with Gasteiger partial charge in [-0.3, -0.25) is 0 Å². The molecule has 1 saturated heterocycles. The zero-order valence-corrected chi connectivity index (χ0v) is 10.5. The lowest BCUT2D eigenvalue weighted by Gasteiger charge is -2.18. The molecule has 1 aromatic carbocycles. The Balaban J connectivity index is 2.12. The maximum absolute atomic E-state index is 13.5. The van der Waals surface area contributed by atoms with Crippen LogP contribution < -0.4 is 4.74 Å². The van der Waals surface area contributed by atoms with Crippen molar-refractivity contribution in [1.82, 2.24) is 4.90 Å². The van der Waals surface area contributed by atoms with E-state index in [0.29, 0.717) is 0 Å². The molecule has 1 heterocycles. The lowest BCUT2D eigenvalue weighted by Crippen LogP contribution is -2.30. The average molecular weight is 276 g/mol. The summed E-state index contributed by atoms with van der Waals surface area (Å²) in [6.45, 7) is 1.64. The molecule has 0 amide bonds. The zero-order valence-electron chi connectivity index (χ0n) is 8.95. The van der Waals surface area contributed by atoms with Crippen molar-refractivity contribution in [3.8, 4) is 11.5 Å². The molecule has 0 radical (unpaired) electrons. The minimum absolute atomic E-state index is 0.0538. The van der Waals surface area contributed by atoms with Gasteiger partial charge in [0.2, 0.25) is 0 Å². The van der Waals surface area contributed by atoms with Gasteiger partial charge in [0.25, 0.3) is 5.17 Å². The van der Waals surface area contributed by atoms with E-state index in [1.165, 1.54) is 0 Å². The molecule has 0 saturated carbocycles. The van der Waals surface area contributed by atoms with Gasteiger partial charge in [-0.25, -0.2) is 4.39 Å². The van der Waals surface area contributed by atoms with Gasteiger partial charge in [-0.05, 0) is 25.1 Å². The minimum atomic E-state index is -0.644. The van der Waals surface area contributed by atoms with Gasteiger partial charge in [0.1, 0.15) is 5.75 Å². The largest absolute Gasteiger partial charge is 0.506 e. The summed E-state index contributed by atoms with van der Waals surface area (Å²) in [5.41, 5.74) is 0. The molecular formula is C11H11ClFNO2S. The molecule has 0 spiro atoms. The van der Waals surface area contributed by atoms with Crippen molar-refractivity contribution < 1.29 is 14.2 Å². The van der Waals surface area contributed by atoms with E-state index in [1.54, 1.807) is 0 Å². The Bertz CT molecular complexity index is 449. The molecule has 17 heavy (non-hydrogen) atoms. The number of thiocarbonyl (C=S) groups is 1. The van der Waals surface area contributed by atoms with Crippen molar-refractivity contribution in [2.45, 2.75) is 12.8 Å². The number of ether oxygens (including phenoxy) is 1. The summed E-state index contributed by atoms with van der Waals surface area (Å²) < 4.78 is 18.7. The average Bonchev–Trinajstić information content (AvgIpc) is 2.79. The van der Waals surface area contributed by atoms with Gasteiger partial charge in [-0.1, -0.05) is 11.6 Å². The molecule has 1 N–H and O–H groups in total. The van der Waals surface area contributed by atoms with E-state index in [0.717, 1.165) is 38.1 Å². The maximum Gasteiger partial charge on any atom is 0.264 e. The first kappa shape index (κ1) is 12.4. The van der Waals surface area contributed by atoms with Gasteiger partial charge in [0, 0.05) is 25.2 Å². The molecule has 1 aliphatic rings. The van der Waals surface area contributed by atoms with Crippen molar-refractivity contribution >= 4 is 29.0 Å². The maximum atomic E-state index is 13.5. The van der Waals surface area contributed by atoms with Crippen molar-refractivity contribution in [3.05, 3.63) is 23.0 Å². The number of benzene rings is 1. The molecule has 1 fully saturated rings. The van der Waals surface area contributed by atoms with Crippen LogP contribution in [0, 0.1) is 5.82 Å². The number of hydrogen-bond acceptors (Lipinski definition) is 3. The first-order chi connectivity index (χ1) is 8.08. The molecule has 92 valence electrons. The van der Waals surface area contributed by atoms with Gasteiger partial charge in [-0.15, -0.1) is 0 Å². The van der Waals surface area contributed by atoms with Crippen LogP contribution in [0.3, 0.4) is 0 Å². The monoisotopic (exact) mass is 275 g/mol. The number of aromatic hydroxyl groups is 1. The third-order valence-corrected chi connectivity index (χ3v) is 3.21. The number of rotatable bonds is 1. The molecule has 0 aliphatic carbocycles. The number of phenols is 1. The van der Waals surface area contributed by atoms with E-state index in [1.807, 2.05) is 4.90 Å². The number of halogens is 2. The summed E-state index contributed by atoms with van der Waals surface area (Å²) in [6, 6.07) is 2.12. The minimum Gasteiger partial charge on any atom is -0.506 e. The van der Waals surface area contributed by atoms with Crippen LogP contribution in [0.15, 0.2) is 12.1 Å². The van der Waals surface area contributed by atoms with Crippen molar-refractivity contribution in [2.75, 3.05) is 13.1 Å². The molecule has 0 unspecified atom stereocenters. The second-order valence-corrected chi connectivity index (χ2v) is 4.55. The molecule has 0 atom stereocenters. The Morgan fingerprint density at radius 3 is 2.71 bits per heavy atom. The Hall–Kier alpha value is -1.07. The van der Waals surface area contributed by atoms with E-state index < -0.39 is 5.82 Å². The van der Waals surface area contributed by atoms with Gasteiger partial charge < -0.3 is 14.7 Å². The van der Waals surface area contributed by atoms with Crippen molar-refractivity contribution in [2.24, 2.45) is 0 Å². The normalized spacial score (nSPS) is 15.1. The van der Waals surface area contributed by atoms with Crippen molar-refractivity contribution in [1.29, 1.82) is 0 Å². The van der Waals surface area contributed by atoms with Gasteiger partial charge in [0.05, 0.1) is 5.02 Å². The summed E-state index contributed by atoms with van der Waals surface area (Å²) >= 11 is 10.6. The third-order valence-electron chi connectivity index (χ3n) is 2.56. The predicted octanol–water partition coefficient (Wildman–Crippen LogP) is 2.94. The highest BCUT2D eigenvalue weighted by Gasteiger charge is 2.18. The second-order valence-electron chi connectivity index (χ2n) is 3.80. The lowest BCUT2D eigenvalue weighted by atomic mass is 10.3. The zero-order chi connectivity index (χ0) is 12.4. The summed E-state index contributed by atoms with van der Waals surface area (Å²) in [4.78, 5) is 1.86. The molecule has 6 heteroatoms. The van der Waals surface area contributed by atoms with E-state index in [-0.39, 0.29) is 21.7 Å². The highest BCUT2D eigenvalue weighted by Crippen LogP contribution is 2.31. The molecule has 1 aliphatic heterocycles. The Kier molecular flexibility index (Phi) is 3.69. The van der Waals surface area contributed by atoms with Crippen LogP contribution in [0.1, 0.15) is 12.8 Å². The number of phenolic OH excluding ortho intramolecular Hbond substituents is 1. The topological polar surface area (TPSA) is 32.7 Å². The van der Waals surface area contributed by atoms with Gasteiger partial charge in [-0.2, -0.15) is 0 Å². The van der Waals surface area contributed by atoms with E-state index >= 15 is 0 Å². The summed E-state index contributed by atoms with van der Waals surface area (Å²) in [5.74, 6) is -0.981. The van der Waals surface area contributed by atoms with Crippen LogP contribution in [0.2, 0.25) is 5.02 Å². The first-order valence-electron chi connectivity index (χ1n) is 5.22. The number of nitrogens with zero attached hydrogens (tertiary/aromatic N) is 1.